The van der Waals surface area contributed by atoms with E-state index in [9.17, 15) is 14.0 Å². The molecule has 1 aliphatic heterocycles. The number of para-hydroxylation sites is 1. The van der Waals surface area contributed by atoms with Gasteiger partial charge >= 0.3 is 0 Å². The monoisotopic (exact) mass is 435 g/mol. The SMILES string of the molecule is Cc1cc(COc2ccc(C3C[C@@]4(C[C@@H]4C(=O)NO)C(=O)N3)cc2F)c2ccccc2n1. The number of pyridine rings is 1. The molecule has 0 bridgehead atoms. The molecule has 3 N–H and O–H groups in total. The fourth-order valence-corrected chi connectivity index (χ4v) is 4.74. The zero-order valence-electron chi connectivity index (χ0n) is 17.4. The first-order valence-electron chi connectivity index (χ1n) is 10.4. The van der Waals surface area contributed by atoms with Gasteiger partial charge in [-0.15, -0.1) is 0 Å². The fourth-order valence-electron chi connectivity index (χ4n) is 4.74. The molecule has 1 spiro atoms. The molecule has 32 heavy (non-hydrogen) atoms. The first-order chi connectivity index (χ1) is 15.4. The van der Waals surface area contributed by atoms with Crippen LogP contribution in [0.15, 0.2) is 48.5 Å². The Balaban J connectivity index is 1.31. The lowest BCUT2D eigenvalue weighted by atomic mass is 9.95. The van der Waals surface area contributed by atoms with Gasteiger partial charge in [-0.3, -0.25) is 19.8 Å². The predicted molar refractivity (Wildman–Crippen MR) is 113 cm³/mol. The number of carbonyl (C=O) groups excluding carboxylic acids is 2. The third-order valence-electron chi connectivity index (χ3n) is 6.50. The number of hydroxylamine groups is 1. The Morgan fingerprint density at radius 1 is 1.28 bits per heavy atom. The van der Waals surface area contributed by atoms with Gasteiger partial charge < -0.3 is 10.1 Å². The summed E-state index contributed by atoms with van der Waals surface area (Å²) in [5.41, 5.74) is 4.05. The van der Waals surface area contributed by atoms with Gasteiger partial charge in [0.1, 0.15) is 6.61 Å². The van der Waals surface area contributed by atoms with E-state index in [1.165, 1.54) is 6.07 Å². The Morgan fingerprint density at radius 3 is 2.88 bits per heavy atom. The van der Waals surface area contributed by atoms with Crippen molar-refractivity contribution in [1.29, 1.82) is 0 Å². The molecule has 5 rings (SSSR count). The van der Waals surface area contributed by atoms with Crippen molar-refractivity contribution in [3.8, 4) is 5.75 Å². The average molecular weight is 435 g/mol. The zero-order chi connectivity index (χ0) is 22.5. The minimum Gasteiger partial charge on any atom is -0.486 e. The second-order valence-electron chi connectivity index (χ2n) is 8.54. The van der Waals surface area contributed by atoms with Crippen LogP contribution in [0, 0.1) is 24.1 Å². The molecule has 1 aliphatic carbocycles. The number of aryl methyl sites for hydroxylation is 1. The van der Waals surface area contributed by atoms with Crippen LogP contribution in [0.4, 0.5) is 4.39 Å². The standard InChI is InChI=1S/C24H22FN3O4/c1-13-8-15(16-4-2-3-5-19(16)26-13)12-32-21-7-6-14(9-18(21)25)20-11-24(23(30)27-20)10-17(24)22(29)28-31/h2-9,17,20,31H,10-12H2,1H3,(H,27,30)(H,28,29)/t17-,20?,24-/m1/s1. The van der Waals surface area contributed by atoms with Gasteiger partial charge in [0.05, 0.1) is 22.9 Å². The average Bonchev–Trinajstić information content (AvgIpc) is 3.42. The molecule has 7 nitrogen and oxygen atoms in total. The van der Waals surface area contributed by atoms with Crippen LogP contribution in [0.2, 0.25) is 0 Å². The quantitative estimate of drug-likeness (QED) is 0.422. The number of aromatic nitrogens is 1. The number of hydrogen-bond acceptors (Lipinski definition) is 5. The number of ether oxygens (including phenoxy) is 1. The highest BCUT2D eigenvalue weighted by atomic mass is 19.1. The van der Waals surface area contributed by atoms with Gasteiger partial charge in [-0.1, -0.05) is 24.3 Å². The predicted octanol–water partition coefficient (Wildman–Crippen LogP) is 3.33. The summed E-state index contributed by atoms with van der Waals surface area (Å²) in [4.78, 5) is 28.6. The zero-order valence-corrected chi connectivity index (χ0v) is 17.4. The van der Waals surface area contributed by atoms with Gasteiger partial charge in [-0.25, -0.2) is 9.87 Å². The van der Waals surface area contributed by atoms with Crippen molar-refractivity contribution in [2.45, 2.75) is 32.4 Å². The summed E-state index contributed by atoms with van der Waals surface area (Å²) in [7, 11) is 0. The molecule has 1 aromatic heterocycles. The van der Waals surface area contributed by atoms with Gasteiger partial charge in [0.25, 0.3) is 0 Å². The van der Waals surface area contributed by atoms with E-state index in [4.69, 9.17) is 9.94 Å². The van der Waals surface area contributed by atoms with Gasteiger partial charge in [-0.05, 0) is 49.6 Å². The van der Waals surface area contributed by atoms with Crippen molar-refractivity contribution in [2.24, 2.45) is 11.3 Å². The molecule has 2 aromatic carbocycles. The molecule has 2 fully saturated rings. The highest BCUT2D eigenvalue weighted by Crippen LogP contribution is 2.60. The molecule has 2 aliphatic rings. The number of hydrogen-bond donors (Lipinski definition) is 3. The Bertz CT molecular complexity index is 1250. The molecule has 164 valence electrons. The maximum absolute atomic E-state index is 14.8. The lowest BCUT2D eigenvalue weighted by Crippen LogP contribution is -2.28. The van der Waals surface area contributed by atoms with Crippen LogP contribution in [0.25, 0.3) is 10.9 Å². The van der Waals surface area contributed by atoms with Crippen LogP contribution in [-0.2, 0) is 16.2 Å². The van der Waals surface area contributed by atoms with E-state index in [0.717, 1.165) is 22.2 Å². The minimum atomic E-state index is -0.816. The van der Waals surface area contributed by atoms with Gasteiger partial charge in [0, 0.05) is 16.6 Å². The van der Waals surface area contributed by atoms with Crippen molar-refractivity contribution in [2.75, 3.05) is 0 Å². The lowest BCUT2D eigenvalue weighted by Gasteiger charge is -2.14. The van der Waals surface area contributed by atoms with Crippen molar-refractivity contribution in [3.63, 3.8) is 0 Å². The Kier molecular flexibility index (Phi) is 4.82. The van der Waals surface area contributed by atoms with E-state index in [1.54, 1.807) is 17.6 Å². The molecule has 2 amide bonds. The highest BCUT2D eigenvalue weighted by molar-refractivity contribution is 5.97. The smallest absolute Gasteiger partial charge is 0.247 e. The largest absolute Gasteiger partial charge is 0.486 e. The lowest BCUT2D eigenvalue weighted by molar-refractivity contribution is -0.134. The normalized spacial score (nSPS) is 23.9. The van der Waals surface area contributed by atoms with Gasteiger partial charge in [0.15, 0.2) is 11.6 Å². The van der Waals surface area contributed by atoms with Gasteiger partial charge in [0.2, 0.25) is 11.8 Å². The molecule has 1 unspecified atom stereocenters. The number of amides is 2. The molecular formula is C24H22FN3O4. The number of fused-ring (bicyclic) bond motifs is 1. The summed E-state index contributed by atoms with van der Waals surface area (Å²) >= 11 is 0. The van der Waals surface area contributed by atoms with Crippen molar-refractivity contribution in [3.05, 3.63) is 71.2 Å². The topological polar surface area (TPSA) is 101 Å². The van der Waals surface area contributed by atoms with Crippen LogP contribution < -0.4 is 15.5 Å². The molecule has 3 aromatic rings. The summed E-state index contributed by atoms with van der Waals surface area (Å²) in [5.74, 6) is -1.75. The second-order valence-corrected chi connectivity index (χ2v) is 8.54. The van der Waals surface area contributed by atoms with Crippen molar-refractivity contribution in [1.82, 2.24) is 15.8 Å². The summed E-state index contributed by atoms with van der Waals surface area (Å²) < 4.78 is 20.6. The molecule has 1 saturated carbocycles. The van der Waals surface area contributed by atoms with Crippen LogP contribution >= 0.6 is 0 Å². The van der Waals surface area contributed by atoms with Gasteiger partial charge in [-0.2, -0.15) is 0 Å². The Hall–Kier alpha value is -3.52. The Labute approximate surface area is 183 Å². The minimum absolute atomic E-state index is 0.121. The summed E-state index contributed by atoms with van der Waals surface area (Å²) in [6, 6.07) is 13.9. The molecule has 3 atom stereocenters. The third kappa shape index (κ3) is 3.36. The molecule has 1 saturated heterocycles. The fraction of sp³-hybridized carbons (Fsp3) is 0.292. The van der Waals surface area contributed by atoms with Crippen molar-refractivity contribution >= 4 is 22.7 Å². The first-order valence-corrected chi connectivity index (χ1v) is 10.4. The number of nitrogens with one attached hydrogen (secondary N) is 2. The number of carbonyl (C=O) groups is 2. The number of nitrogens with zero attached hydrogens (tertiary/aromatic N) is 1. The van der Waals surface area contributed by atoms with E-state index in [0.29, 0.717) is 18.4 Å². The second kappa shape index (κ2) is 7.56. The third-order valence-corrected chi connectivity index (χ3v) is 6.50. The maximum Gasteiger partial charge on any atom is 0.247 e. The van der Waals surface area contributed by atoms with Crippen LogP contribution in [0.3, 0.4) is 0 Å². The maximum atomic E-state index is 14.8. The number of benzene rings is 2. The number of halogens is 1. The summed E-state index contributed by atoms with van der Waals surface area (Å²) in [6.45, 7) is 2.10. The molecule has 0 radical (unpaired) electrons. The van der Waals surface area contributed by atoms with E-state index < -0.39 is 29.1 Å². The summed E-state index contributed by atoms with van der Waals surface area (Å²) in [5, 5.41) is 12.6. The Morgan fingerprint density at radius 2 is 2.09 bits per heavy atom. The highest BCUT2D eigenvalue weighted by Gasteiger charge is 2.67. The van der Waals surface area contributed by atoms with Crippen LogP contribution in [-0.4, -0.2) is 22.0 Å². The molecule has 8 heteroatoms. The van der Waals surface area contributed by atoms with Crippen LogP contribution in [0.5, 0.6) is 5.75 Å². The van der Waals surface area contributed by atoms with Crippen LogP contribution in [0.1, 0.15) is 35.7 Å². The van der Waals surface area contributed by atoms with E-state index >= 15 is 0 Å². The summed E-state index contributed by atoms with van der Waals surface area (Å²) in [6.07, 6.45) is 0.760. The van der Waals surface area contributed by atoms with Crippen molar-refractivity contribution < 1.29 is 23.9 Å². The first kappa shape index (κ1) is 20.4. The van der Waals surface area contributed by atoms with E-state index in [2.05, 4.69) is 10.3 Å². The number of rotatable bonds is 5. The molecule has 2 heterocycles. The van der Waals surface area contributed by atoms with E-state index in [-0.39, 0.29) is 18.3 Å². The van der Waals surface area contributed by atoms with E-state index in [1.807, 2.05) is 37.3 Å². The molecular weight excluding hydrogens is 413 g/mol.